The summed E-state index contributed by atoms with van der Waals surface area (Å²) >= 11 is 1.16. The number of aliphatic imine (C=N–C) groups is 1. The van der Waals surface area contributed by atoms with Gasteiger partial charge in [0.2, 0.25) is 0 Å². The van der Waals surface area contributed by atoms with E-state index >= 15 is 4.39 Å². The molecule has 44 heavy (non-hydrogen) atoms. The number of halogens is 1. The topological polar surface area (TPSA) is 95.9 Å². The van der Waals surface area contributed by atoms with Gasteiger partial charge in [0, 0.05) is 26.2 Å². The standard InChI is InChI=1S/C31H48BFN2O7SSi/c1-27(2,3)40-26(37)35(19-39-15-16-44(10,11)12)25-34-30(8,23-18-31(23,43-25)24(36)38-9)21-17-20(13-14-22(21)33)32-41-28(4,5)29(6,7)42-32/h13-14,17,23H,15-16,18-19H2,1-12H3/t23-,30+,31-/m0/s1. The van der Waals surface area contributed by atoms with Crippen LogP contribution in [0.3, 0.4) is 0 Å². The molecule has 1 aromatic carbocycles. The molecule has 3 aliphatic rings. The first-order valence-electron chi connectivity index (χ1n) is 15.2. The van der Waals surface area contributed by atoms with Crippen LogP contribution in [0, 0.1) is 11.7 Å². The van der Waals surface area contributed by atoms with Crippen LogP contribution in [-0.4, -0.2) is 79.3 Å². The third-order valence-electron chi connectivity index (χ3n) is 8.84. The molecule has 1 amide bonds. The molecule has 0 spiro atoms. The average Bonchev–Trinajstić information content (AvgIpc) is 3.58. The van der Waals surface area contributed by atoms with E-state index in [9.17, 15) is 9.59 Å². The van der Waals surface area contributed by atoms with Crippen LogP contribution in [0.15, 0.2) is 23.2 Å². The summed E-state index contributed by atoms with van der Waals surface area (Å²) in [6, 6.07) is 5.63. The van der Waals surface area contributed by atoms with Gasteiger partial charge in [-0.3, -0.25) is 9.79 Å². The second-order valence-corrected chi connectivity index (χ2v) is 22.3. The van der Waals surface area contributed by atoms with Gasteiger partial charge in [0.05, 0.1) is 23.9 Å². The second kappa shape index (κ2) is 11.7. The van der Waals surface area contributed by atoms with Crippen molar-refractivity contribution in [1.29, 1.82) is 0 Å². The number of esters is 1. The molecular formula is C31H48BFN2O7SSi. The third-order valence-corrected chi connectivity index (χ3v) is 12.0. The first-order chi connectivity index (χ1) is 20.1. The van der Waals surface area contributed by atoms with Gasteiger partial charge in [0.25, 0.3) is 0 Å². The zero-order valence-electron chi connectivity index (χ0n) is 28.3. The van der Waals surface area contributed by atoms with Crippen molar-refractivity contribution >= 4 is 49.6 Å². The van der Waals surface area contributed by atoms with Crippen LogP contribution >= 0.6 is 11.8 Å². The number of nitrogens with zero attached hydrogens (tertiary/aromatic N) is 2. The van der Waals surface area contributed by atoms with Crippen molar-refractivity contribution in [3.8, 4) is 0 Å². The third kappa shape index (κ3) is 6.91. The van der Waals surface area contributed by atoms with Crippen molar-refractivity contribution in [2.45, 2.75) is 115 Å². The fraction of sp³-hybridized carbons (Fsp3) is 0.710. The molecule has 0 unspecified atom stereocenters. The van der Waals surface area contributed by atoms with Crippen molar-refractivity contribution in [2.24, 2.45) is 10.9 Å². The number of thioether (sulfide) groups is 1. The smallest absolute Gasteiger partial charge is 0.468 e. The number of ether oxygens (including phenoxy) is 3. The Balaban J connectivity index is 1.78. The normalized spacial score (nSPS) is 27.3. The van der Waals surface area contributed by atoms with E-state index in [-0.39, 0.29) is 23.4 Å². The van der Waals surface area contributed by atoms with Crippen LogP contribution in [0.5, 0.6) is 0 Å². The van der Waals surface area contributed by atoms with Gasteiger partial charge in [-0.2, -0.15) is 0 Å². The molecule has 0 radical (unpaired) electrons. The highest BCUT2D eigenvalue weighted by molar-refractivity contribution is 8.15. The number of hydrogen-bond acceptors (Lipinski definition) is 9. The molecule has 0 bridgehead atoms. The second-order valence-electron chi connectivity index (χ2n) is 15.4. The highest BCUT2D eigenvalue weighted by atomic mass is 32.2. The number of carbonyl (C=O) groups excluding carboxylic acids is 2. The highest BCUT2D eigenvalue weighted by Crippen LogP contribution is 2.67. The summed E-state index contributed by atoms with van der Waals surface area (Å²) in [5, 5.41) is 0.217. The van der Waals surface area contributed by atoms with E-state index in [1.807, 2.05) is 27.7 Å². The van der Waals surface area contributed by atoms with E-state index in [0.717, 1.165) is 17.8 Å². The van der Waals surface area contributed by atoms with Gasteiger partial charge in [0.1, 0.15) is 22.9 Å². The Morgan fingerprint density at radius 2 is 1.75 bits per heavy atom. The molecule has 1 saturated carbocycles. The van der Waals surface area contributed by atoms with E-state index in [2.05, 4.69) is 19.6 Å². The molecule has 0 N–H and O–H groups in total. The maximum absolute atomic E-state index is 15.9. The Morgan fingerprint density at radius 1 is 1.14 bits per heavy atom. The predicted octanol–water partition coefficient (Wildman–Crippen LogP) is 5.92. The molecule has 1 aromatic rings. The minimum atomic E-state index is -1.40. The fourth-order valence-electron chi connectivity index (χ4n) is 5.37. The quantitative estimate of drug-likeness (QED) is 0.148. The molecule has 3 atom stereocenters. The lowest BCUT2D eigenvalue weighted by molar-refractivity contribution is -0.141. The summed E-state index contributed by atoms with van der Waals surface area (Å²) in [6.07, 6.45) is -0.267. The van der Waals surface area contributed by atoms with Gasteiger partial charge in [-0.1, -0.05) is 43.5 Å². The largest absolute Gasteiger partial charge is 0.494 e. The lowest BCUT2D eigenvalue weighted by atomic mass is 9.75. The molecule has 2 fully saturated rings. The molecule has 244 valence electrons. The van der Waals surface area contributed by atoms with Crippen LogP contribution < -0.4 is 5.46 Å². The van der Waals surface area contributed by atoms with E-state index in [1.54, 1.807) is 39.8 Å². The van der Waals surface area contributed by atoms with Crippen molar-refractivity contribution in [2.75, 3.05) is 20.4 Å². The molecule has 13 heteroatoms. The van der Waals surface area contributed by atoms with Gasteiger partial charge in [-0.05, 0) is 79.4 Å². The van der Waals surface area contributed by atoms with Gasteiger partial charge in [-0.25, -0.2) is 14.1 Å². The summed E-state index contributed by atoms with van der Waals surface area (Å²) in [6.45, 7) is 22.0. The first kappa shape index (κ1) is 34.9. The van der Waals surface area contributed by atoms with Crippen molar-refractivity contribution in [3.05, 3.63) is 29.6 Å². The molecule has 2 heterocycles. The molecule has 0 aromatic heterocycles. The Bertz CT molecular complexity index is 1310. The Hall–Kier alpha value is -1.93. The zero-order chi connectivity index (χ0) is 33.1. The molecule has 1 aliphatic carbocycles. The van der Waals surface area contributed by atoms with Crippen LogP contribution in [0.25, 0.3) is 0 Å². The Kier molecular flexibility index (Phi) is 9.29. The van der Waals surface area contributed by atoms with Gasteiger partial charge < -0.3 is 23.5 Å². The van der Waals surface area contributed by atoms with Gasteiger partial charge >= 0.3 is 19.2 Å². The van der Waals surface area contributed by atoms with Crippen molar-refractivity contribution in [1.82, 2.24) is 4.90 Å². The van der Waals surface area contributed by atoms with E-state index in [1.165, 1.54) is 18.1 Å². The van der Waals surface area contributed by atoms with Crippen LogP contribution in [0.1, 0.15) is 67.4 Å². The van der Waals surface area contributed by atoms with E-state index in [4.69, 9.17) is 28.5 Å². The van der Waals surface area contributed by atoms with E-state index in [0.29, 0.717) is 18.5 Å². The maximum Gasteiger partial charge on any atom is 0.494 e. The Morgan fingerprint density at radius 3 is 2.30 bits per heavy atom. The summed E-state index contributed by atoms with van der Waals surface area (Å²) in [7, 11) is -0.779. The van der Waals surface area contributed by atoms with Crippen LogP contribution in [0.4, 0.5) is 9.18 Å². The molecule has 9 nitrogen and oxygen atoms in total. The molecular weight excluding hydrogens is 602 g/mol. The highest BCUT2D eigenvalue weighted by Gasteiger charge is 2.72. The number of fused-ring (bicyclic) bond motifs is 1. The monoisotopic (exact) mass is 650 g/mol. The minimum Gasteiger partial charge on any atom is -0.468 e. The number of carbonyl (C=O) groups is 2. The molecule has 4 rings (SSSR count). The van der Waals surface area contributed by atoms with Crippen molar-refractivity contribution in [3.63, 3.8) is 0 Å². The Labute approximate surface area is 267 Å². The van der Waals surface area contributed by atoms with Gasteiger partial charge in [-0.15, -0.1) is 0 Å². The predicted molar refractivity (Wildman–Crippen MR) is 174 cm³/mol. The first-order valence-corrected chi connectivity index (χ1v) is 19.7. The summed E-state index contributed by atoms with van der Waals surface area (Å²) in [5.41, 5.74) is -2.26. The van der Waals surface area contributed by atoms with E-state index < -0.39 is 60.2 Å². The lowest BCUT2D eigenvalue weighted by Crippen LogP contribution is -2.47. The SMILES string of the molecule is COC(=O)[C@]12C[C@H]1[C@@](C)(c1cc(B3OC(C)(C)C(C)(C)O3)ccc1F)N=C(N(COCC[Si](C)(C)C)C(=O)OC(C)(C)C)S2. The number of hydrogen-bond donors (Lipinski definition) is 0. The van der Waals surface area contributed by atoms with Gasteiger partial charge in [0.15, 0.2) is 5.17 Å². The fourth-order valence-corrected chi connectivity index (χ4v) is 7.71. The molecule has 2 aliphatic heterocycles. The lowest BCUT2D eigenvalue weighted by Gasteiger charge is -2.37. The number of amidine groups is 1. The maximum atomic E-state index is 15.9. The van der Waals surface area contributed by atoms with Crippen LogP contribution in [0.2, 0.25) is 25.7 Å². The number of rotatable bonds is 8. The summed E-state index contributed by atoms with van der Waals surface area (Å²) < 4.78 is 44.3. The summed E-state index contributed by atoms with van der Waals surface area (Å²) in [4.78, 5) is 33.2. The number of amides is 1. The number of methoxy groups -OCH3 is 1. The average molecular weight is 651 g/mol. The zero-order valence-corrected chi connectivity index (χ0v) is 30.1. The molecule has 1 saturated heterocycles. The van der Waals surface area contributed by atoms with Crippen molar-refractivity contribution < 1.29 is 37.5 Å². The van der Waals surface area contributed by atoms with Crippen LogP contribution in [-0.2, 0) is 33.9 Å². The number of benzene rings is 1. The summed E-state index contributed by atoms with van der Waals surface area (Å²) in [5.74, 6) is -1.31. The minimum absolute atomic E-state index is 0.125.